The lowest BCUT2D eigenvalue weighted by molar-refractivity contribution is -0.136. The maximum absolute atomic E-state index is 14.0. The average Bonchev–Trinajstić information content (AvgIpc) is 3.35. The number of amides is 1. The number of anilines is 1. The van der Waals surface area contributed by atoms with E-state index in [0.29, 0.717) is 54.4 Å². The number of phenolic OH excluding ortho intramolecular Hbond substituents is 1. The maximum atomic E-state index is 14.0. The third-order valence-electron chi connectivity index (χ3n) is 7.08. The molecule has 14 heteroatoms. The topological polar surface area (TPSA) is 138 Å². The minimum Gasteiger partial charge on any atom is -0.504 e. The molecule has 2 N–H and O–H groups in total. The van der Waals surface area contributed by atoms with Gasteiger partial charge in [0, 0.05) is 14.6 Å². The van der Waals surface area contributed by atoms with Crippen LogP contribution < -0.4 is 34.4 Å². The van der Waals surface area contributed by atoms with Crippen LogP contribution in [0.3, 0.4) is 0 Å². The van der Waals surface area contributed by atoms with Gasteiger partial charge in [0.25, 0.3) is 11.5 Å². The number of halogens is 2. The summed E-state index contributed by atoms with van der Waals surface area (Å²) in [6, 6.07) is 14.3. The van der Waals surface area contributed by atoms with Crippen molar-refractivity contribution in [2.45, 2.75) is 19.9 Å². The highest BCUT2D eigenvalue weighted by Crippen LogP contribution is 2.36. The zero-order valence-electron chi connectivity index (χ0n) is 25.6. The number of phenols is 1. The van der Waals surface area contributed by atoms with Gasteiger partial charge in [-0.05, 0) is 79.6 Å². The van der Waals surface area contributed by atoms with Gasteiger partial charge >= 0.3 is 5.97 Å². The monoisotopic (exact) mass is 785 g/mol. The van der Waals surface area contributed by atoms with Crippen molar-refractivity contribution in [1.29, 1.82) is 0 Å². The number of esters is 1. The number of ether oxygens (including phenoxy) is 4. The molecular formula is C33H29Br2N3O8S. The molecule has 0 bridgehead atoms. The number of methoxy groups -OCH3 is 2. The van der Waals surface area contributed by atoms with Gasteiger partial charge in [0.1, 0.15) is 0 Å². The van der Waals surface area contributed by atoms with Crippen molar-refractivity contribution in [3.05, 3.63) is 106 Å². The number of carbonyl (C=O) groups is 2. The van der Waals surface area contributed by atoms with Crippen molar-refractivity contribution in [1.82, 2.24) is 4.57 Å². The molecule has 244 valence electrons. The van der Waals surface area contributed by atoms with E-state index in [9.17, 15) is 19.5 Å². The van der Waals surface area contributed by atoms with E-state index in [1.807, 2.05) is 12.1 Å². The Morgan fingerprint density at radius 2 is 1.79 bits per heavy atom. The quantitative estimate of drug-likeness (QED) is 0.213. The van der Waals surface area contributed by atoms with Crippen molar-refractivity contribution in [2.75, 3.05) is 32.8 Å². The highest BCUT2D eigenvalue weighted by atomic mass is 79.9. The van der Waals surface area contributed by atoms with Crippen LogP contribution >= 0.6 is 43.2 Å². The molecule has 4 aromatic rings. The third-order valence-corrected chi connectivity index (χ3v) is 9.28. The first kappa shape index (κ1) is 33.9. The molecule has 47 heavy (non-hydrogen) atoms. The standard InChI is InChI=1S/C33H29Br2N3O8S/c1-5-45-24-12-18(6-11-23(24)39)30-29(32(42)44-4)17(2)36-33-38(30)31(41)27(47-33)14-19-13-25(43-3)26(15-22(19)35)46-16-28(40)37-21-9-7-20(34)8-10-21/h6-15,30,39H,5,16H2,1-4H3,(H,37,40). The van der Waals surface area contributed by atoms with Crippen LogP contribution in [0.25, 0.3) is 6.08 Å². The SMILES string of the molecule is CCOc1cc(C2C(C(=O)OC)=C(C)N=c3sc(=Cc4cc(OC)c(OCC(=O)Nc5ccc(Br)cc5)cc4Br)c(=O)n32)ccc1O. The Hall–Kier alpha value is -4.40. The first-order valence-electron chi connectivity index (χ1n) is 14.2. The van der Waals surface area contributed by atoms with Crippen molar-refractivity contribution in [3.8, 4) is 23.0 Å². The van der Waals surface area contributed by atoms with Gasteiger partial charge in [-0.3, -0.25) is 14.2 Å². The van der Waals surface area contributed by atoms with E-state index < -0.39 is 17.6 Å². The van der Waals surface area contributed by atoms with Gasteiger partial charge in [-0.2, -0.15) is 0 Å². The van der Waals surface area contributed by atoms with Gasteiger partial charge in [-0.15, -0.1) is 0 Å². The van der Waals surface area contributed by atoms with Crippen LogP contribution in [0.2, 0.25) is 0 Å². The van der Waals surface area contributed by atoms with Crippen molar-refractivity contribution in [2.24, 2.45) is 4.99 Å². The number of aromatic nitrogens is 1. The molecule has 3 aromatic carbocycles. The number of thiazole rings is 1. The molecule has 1 aliphatic heterocycles. The second-order valence-corrected chi connectivity index (χ2v) is 12.9. The van der Waals surface area contributed by atoms with Crippen LogP contribution in [0, 0.1) is 0 Å². The van der Waals surface area contributed by atoms with E-state index in [1.54, 1.807) is 56.3 Å². The van der Waals surface area contributed by atoms with E-state index in [1.165, 1.54) is 24.9 Å². The smallest absolute Gasteiger partial charge is 0.338 e. The number of nitrogens with zero attached hydrogens (tertiary/aromatic N) is 2. The van der Waals surface area contributed by atoms with Crippen LogP contribution in [-0.4, -0.2) is 49.0 Å². The summed E-state index contributed by atoms with van der Waals surface area (Å²) < 4.78 is 25.2. The summed E-state index contributed by atoms with van der Waals surface area (Å²) in [6.07, 6.45) is 1.68. The number of rotatable bonds is 10. The molecule has 1 aromatic heterocycles. The number of allylic oxidation sites excluding steroid dienone is 1. The van der Waals surface area contributed by atoms with Gasteiger partial charge in [-0.25, -0.2) is 9.79 Å². The Bertz CT molecular complexity index is 2070. The number of hydrogen-bond acceptors (Lipinski definition) is 10. The van der Waals surface area contributed by atoms with Crippen molar-refractivity contribution >= 4 is 66.8 Å². The lowest BCUT2D eigenvalue weighted by atomic mass is 9.95. The molecule has 1 aliphatic rings. The Labute approximate surface area is 290 Å². The molecule has 11 nitrogen and oxygen atoms in total. The summed E-state index contributed by atoms with van der Waals surface area (Å²) in [4.78, 5) is 44.5. The summed E-state index contributed by atoms with van der Waals surface area (Å²) in [7, 11) is 2.74. The fourth-order valence-electron chi connectivity index (χ4n) is 4.93. The molecule has 5 rings (SSSR count). The predicted molar refractivity (Wildman–Crippen MR) is 184 cm³/mol. The Morgan fingerprint density at radius 3 is 2.47 bits per heavy atom. The summed E-state index contributed by atoms with van der Waals surface area (Å²) in [6.45, 7) is 3.51. The summed E-state index contributed by atoms with van der Waals surface area (Å²) in [5, 5.41) is 13.1. The Balaban J connectivity index is 1.51. The summed E-state index contributed by atoms with van der Waals surface area (Å²) in [5.41, 5.74) is 1.95. The molecule has 0 saturated carbocycles. The van der Waals surface area contributed by atoms with E-state index in [0.717, 1.165) is 15.8 Å². The van der Waals surface area contributed by atoms with Crippen LogP contribution in [0.4, 0.5) is 5.69 Å². The van der Waals surface area contributed by atoms with Crippen LogP contribution in [0.15, 0.2) is 84.6 Å². The molecule has 1 unspecified atom stereocenters. The zero-order chi connectivity index (χ0) is 33.8. The second-order valence-electron chi connectivity index (χ2n) is 10.1. The fourth-order valence-corrected chi connectivity index (χ4v) is 6.67. The summed E-state index contributed by atoms with van der Waals surface area (Å²) >= 11 is 8.07. The number of benzene rings is 3. The summed E-state index contributed by atoms with van der Waals surface area (Å²) in [5.74, 6) is -0.174. The molecule has 0 fully saturated rings. The first-order chi connectivity index (χ1) is 22.5. The number of nitrogens with one attached hydrogen (secondary N) is 1. The minimum atomic E-state index is -0.891. The predicted octanol–water partition coefficient (Wildman–Crippen LogP) is 5.06. The number of fused-ring (bicyclic) bond motifs is 1. The van der Waals surface area contributed by atoms with Crippen LogP contribution in [0.5, 0.6) is 23.0 Å². The molecule has 0 spiro atoms. The van der Waals surface area contributed by atoms with Crippen molar-refractivity contribution in [3.63, 3.8) is 0 Å². The van der Waals surface area contributed by atoms with E-state index in [2.05, 4.69) is 42.2 Å². The van der Waals surface area contributed by atoms with Gasteiger partial charge in [0.2, 0.25) is 0 Å². The number of aromatic hydroxyl groups is 1. The molecule has 0 aliphatic carbocycles. The zero-order valence-corrected chi connectivity index (χ0v) is 29.6. The van der Waals surface area contributed by atoms with Gasteiger partial charge in [-0.1, -0.05) is 49.3 Å². The van der Waals surface area contributed by atoms with Crippen LogP contribution in [-0.2, 0) is 14.3 Å². The molecular weight excluding hydrogens is 758 g/mol. The fraction of sp³-hybridized carbons (Fsp3) is 0.212. The Morgan fingerprint density at radius 1 is 1.04 bits per heavy atom. The highest BCUT2D eigenvalue weighted by molar-refractivity contribution is 9.10. The second kappa shape index (κ2) is 14.6. The van der Waals surface area contributed by atoms with Gasteiger partial charge in [0.15, 0.2) is 34.4 Å². The normalized spacial score (nSPS) is 14.3. The molecule has 1 amide bonds. The Kier molecular flexibility index (Phi) is 10.5. The van der Waals surface area contributed by atoms with Crippen molar-refractivity contribution < 1.29 is 33.6 Å². The van der Waals surface area contributed by atoms with Gasteiger partial charge in [0.05, 0.1) is 42.7 Å². The minimum absolute atomic E-state index is 0.0697. The lowest BCUT2D eigenvalue weighted by Gasteiger charge is -2.24. The number of carbonyl (C=O) groups excluding carboxylic acids is 2. The van der Waals surface area contributed by atoms with E-state index in [-0.39, 0.29) is 29.6 Å². The average molecular weight is 787 g/mol. The van der Waals surface area contributed by atoms with E-state index in [4.69, 9.17) is 18.9 Å². The largest absolute Gasteiger partial charge is 0.504 e. The molecule has 2 heterocycles. The molecule has 0 radical (unpaired) electrons. The van der Waals surface area contributed by atoms with Crippen LogP contribution in [0.1, 0.15) is 31.0 Å². The van der Waals surface area contributed by atoms with Gasteiger partial charge < -0.3 is 29.4 Å². The lowest BCUT2D eigenvalue weighted by Crippen LogP contribution is -2.39. The highest BCUT2D eigenvalue weighted by Gasteiger charge is 2.33. The van der Waals surface area contributed by atoms with E-state index >= 15 is 0 Å². The first-order valence-corrected chi connectivity index (χ1v) is 16.6. The molecule has 0 saturated heterocycles. The third kappa shape index (κ3) is 7.29. The maximum Gasteiger partial charge on any atom is 0.338 e. The molecule has 1 atom stereocenters. The number of hydrogen-bond donors (Lipinski definition) is 2.